The molecule has 2 atom stereocenters. The van der Waals surface area contributed by atoms with Crippen LogP contribution in [0.1, 0.15) is 13.8 Å². The van der Waals surface area contributed by atoms with Crippen molar-refractivity contribution in [2.24, 2.45) is 0 Å². The lowest BCUT2D eigenvalue weighted by atomic mass is 10.2. The van der Waals surface area contributed by atoms with E-state index in [1.807, 2.05) is 0 Å². The number of methoxy groups -OCH3 is 1. The maximum atomic E-state index is 11.9. The Labute approximate surface area is 120 Å². The largest absolute Gasteiger partial charge is 0.467 e. The molecule has 0 aliphatic carbocycles. The van der Waals surface area contributed by atoms with E-state index >= 15 is 0 Å². The van der Waals surface area contributed by atoms with Crippen LogP contribution < -0.4 is 5.32 Å². The zero-order chi connectivity index (χ0) is 14.7. The quantitative estimate of drug-likeness (QED) is 0.771. The molecule has 19 heavy (non-hydrogen) atoms. The topological polar surface area (TPSA) is 75.7 Å². The fraction of sp³-hybridized carbons (Fsp3) is 0.545. The molecule has 1 aliphatic heterocycles. The molecule has 0 aromatic rings. The first-order valence-corrected chi connectivity index (χ1v) is 6.28. The van der Waals surface area contributed by atoms with E-state index in [9.17, 15) is 14.4 Å². The number of hydrogen-bond acceptors (Lipinski definition) is 4. The number of esters is 1. The maximum absolute atomic E-state index is 11.9. The van der Waals surface area contributed by atoms with Gasteiger partial charge in [-0.25, -0.2) is 4.79 Å². The van der Waals surface area contributed by atoms with Crippen molar-refractivity contribution >= 4 is 41.0 Å². The minimum atomic E-state index is -0.795. The van der Waals surface area contributed by atoms with Crippen LogP contribution in [0.2, 0.25) is 0 Å². The van der Waals surface area contributed by atoms with Gasteiger partial charge in [0.15, 0.2) is 0 Å². The van der Waals surface area contributed by atoms with Crippen LogP contribution >= 0.6 is 23.2 Å². The molecule has 0 fully saturated rings. The molecule has 0 spiro atoms. The molecule has 1 N–H and O–H groups in total. The Morgan fingerprint density at radius 1 is 1.37 bits per heavy atom. The van der Waals surface area contributed by atoms with Gasteiger partial charge < -0.3 is 15.0 Å². The third-order valence-electron chi connectivity index (χ3n) is 2.76. The van der Waals surface area contributed by atoms with E-state index < -0.39 is 29.9 Å². The van der Waals surface area contributed by atoms with Crippen LogP contribution in [0.15, 0.2) is 10.1 Å². The van der Waals surface area contributed by atoms with Crippen molar-refractivity contribution < 1.29 is 19.1 Å². The first kappa shape index (κ1) is 15.8. The Morgan fingerprint density at radius 2 is 1.95 bits per heavy atom. The lowest BCUT2D eigenvalue weighted by Crippen LogP contribution is -2.50. The monoisotopic (exact) mass is 308 g/mol. The van der Waals surface area contributed by atoms with Gasteiger partial charge in [0.05, 0.1) is 18.7 Å². The highest BCUT2D eigenvalue weighted by Crippen LogP contribution is 2.26. The van der Waals surface area contributed by atoms with E-state index in [0.29, 0.717) is 0 Å². The van der Waals surface area contributed by atoms with Crippen molar-refractivity contribution in [2.75, 3.05) is 13.7 Å². The molecule has 1 heterocycles. The highest BCUT2D eigenvalue weighted by Gasteiger charge is 2.35. The smallest absolute Gasteiger partial charge is 0.328 e. The number of ether oxygens (including phenoxy) is 1. The van der Waals surface area contributed by atoms with Crippen LogP contribution in [0, 0.1) is 0 Å². The van der Waals surface area contributed by atoms with Crippen molar-refractivity contribution in [3.05, 3.63) is 10.1 Å². The van der Waals surface area contributed by atoms with Gasteiger partial charge >= 0.3 is 5.97 Å². The summed E-state index contributed by atoms with van der Waals surface area (Å²) < 4.78 is 4.49. The summed E-state index contributed by atoms with van der Waals surface area (Å²) in [4.78, 5) is 36.0. The van der Waals surface area contributed by atoms with Crippen molar-refractivity contribution in [3.8, 4) is 0 Å². The summed E-state index contributed by atoms with van der Waals surface area (Å²) >= 11 is 11.4. The van der Waals surface area contributed by atoms with E-state index in [4.69, 9.17) is 23.2 Å². The standard InChI is InChI=1S/C11H14Cl2N2O4/c1-5(11(18)19-3)14-9(16)6(2)15-4-7(12)8(13)10(15)17/h5-6H,4H2,1-3H3,(H,14,16)/t5-,6-/m0/s1. The van der Waals surface area contributed by atoms with Gasteiger partial charge in [0, 0.05) is 0 Å². The first-order chi connectivity index (χ1) is 8.79. The number of carbonyl (C=O) groups is 3. The van der Waals surface area contributed by atoms with E-state index in [-0.39, 0.29) is 16.6 Å². The van der Waals surface area contributed by atoms with Crippen molar-refractivity contribution in [3.63, 3.8) is 0 Å². The highest BCUT2D eigenvalue weighted by molar-refractivity contribution is 6.49. The fourth-order valence-corrected chi connectivity index (χ4v) is 1.93. The molecular weight excluding hydrogens is 295 g/mol. The third-order valence-corrected chi connectivity index (χ3v) is 3.55. The zero-order valence-corrected chi connectivity index (χ0v) is 12.2. The average Bonchev–Trinajstić information content (AvgIpc) is 2.64. The summed E-state index contributed by atoms with van der Waals surface area (Å²) in [5, 5.41) is 2.57. The molecule has 1 rings (SSSR count). The average molecular weight is 309 g/mol. The van der Waals surface area contributed by atoms with Crippen LogP contribution in [0.4, 0.5) is 0 Å². The normalized spacial score (nSPS) is 18.4. The van der Waals surface area contributed by atoms with Crippen LogP contribution in [0.3, 0.4) is 0 Å². The molecule has 0 aromatic carbocycles. The number of hydrogen-bond donors (Lipinski definition) is 1. The van der Waals surface area contributed by atoms with E-state index in [1.54, 1.807) is 0 Å². The Kier molecular flexibility index (Phi) is 5.20. The minimum Gasteiger partial charge on any atom is -0.467 e. The summed E-state index contributed by atoms with van der Waals surface area (Å²) in [5.74, 6) is -1.55. The lowest BCUT2D eigenvalue weighted by molar-refractivity contribution is -0.145. The zero-order valence-electron chi connectivity index (χ0n) is 10.7. The maximum Gasteiger partial charge on any atom is 0.328 e. The molecule has 0 unspecified atom stereocenters. The first-order valence-electron chi connectivity index (χ1n) is 5.53. The van der Waals surface area contributed by atoms with Gasteiger partial charge in [-0.2, -0.15) is 0 Å². The van der Waals surface area contributed by atoms with Crippen molar-refractivity contribution in [1.82, 2.24) is 10.2 Å². The number of halogens is 2. The van der Waals surface area contributed by atoms with Gasteiger partial charge in [0.2, 0.25) is 5.91 Å². The third kappa shape index (κ3) is 3.39. The molecule has 0 saturated heterocycles. The number of rotatable bonds is 4. The fourth-order valence-electron chi connectivity index (χ4n) is 1.56. The van der Waals surface area contributed by atoms with Crippen LogP contribution in [-0.2, 0) is 19.1 Å². The molecule has 8 heteroatoms. The van der Waals surface area contributed by atoms with Gasteiger partial charge in [-0.15, -0.1) is 0 Å². The highest BCUT2D eigenvalue weighted by atomic mass is 35.5. The van der Waals surface area contributed by atoms with Crippen LogP contribution in [-0.4, -0.2) is 48.4 Å². The van der Waals surface area contributed by atoms with E-state index in [1.165, 1.54) is 25.9 Å². The van der Waals surface area contributed by atoms with Gasteiger partial charge in [0.25, 0.3) is 5.91 Å². The Balaban J connectivity index is 2.65. The summed E-state index contributed by atoms with van der Waals surface area (Å²) in [6, 6.07) is -1.58. The van der Waals surface area contributed by atoms with Crippen LogP contribution in [0.25, 0.3) is 0 Å². The van der Waals surface area contributed by atoms with Gasteiger partial charge in [-0.1, -0.05) is 23.2 Å². The van der Waals surface area contributed by atoms with Crippen molar-refractivity contribution in [2.45, 2.75) is 25.9 Å². The molecule has 2 amide bonds. The molecular formula is C11H14Cl2N2O4. The Bertz CT molecular complexity index is 450. The van der Waals surface area contributed by atoms with Gasteiger partial charge in [-0.3, -0.25) is 9.59 Å². The number of amides is 2. The molecule has 106 valence electrons. The second-order valence-electron chi connectivity index (χ2n) is 4.08. The summed E-state index contributed by atoms with van der Waals surface area (Å²) in [5.41, 5.74) is 0. The molecule has 0 saturated carbocycles. The molecule has 0 aromatic heterocycles. The Morgan fingerprint density at radius 3 is 2.37 bits per heavy atom. The van der Waals surface area contributed by atoms with Gasteiger partial charge in [-0.05, 0) is 13.8 Å². The van der Waals surface area contributed by atoms with Gasteiger partial charge in [0.1, 0.15) is 17.1 Å². The molecule has 0 bridgehead atoms. The molecule has 1 aliphatic rings. The number of nitrogens with zero attached hydrogens (tertiary/aromatic N) is 1. The predicted molar refractivity (Wildman–Crippen MR) is 69.5 cm³/mol. The lowest BCUT2D eigenvalue weighted by Gasteiger charge is -2.24. The van der Waals surface area contributed by atoms with E-state index in [2.05, 4.69) is 10.1 Å². The van der Waals surface area contributed by atoms with Crippen molar-refractivity contribution in [1.29, 1.82) is 0 Å². The summed E-state index contributed by atoms with van der Waals surface area (Å²) in [6.45, 7) is 3.10. The summed E-state index contributed by atoms with van der Waals surface area (Å²) in [6.07, 6.45) is 0. The second kappa shape index (κ2) is 6.25. The van der Waals surface area contributed by atoms with E-state index in [0.717, 1.165) is 0 Å². The van der Waals surface area contributed by atoms with Crippen LogP contribution in [0.5, 0.6) is 0 Å². The minimum absolute atomic E-state index is 0.0812. The second-order valence-corrected chi connectivity index (χ2v) is 4.92. The number of carbonyl (C=O) groups excluding carboxylic acids is 3. The predicted octanol–water partition coefficient (Wildman–Crippen LogP) is 0.584. The molecule has 0 radical (unpaired) electrons. The SMILES string of the molecule is COC(=O)[C@H](C)NC(=O)[C@H](C)N1CC(Cl)=C(Cl)C1=O. The summed E-state index contributed by atoms with van der Waals surface area (Å²) in [7, 11) is 1.22. The number of nitrogens with one attached hydrogen (secondary N) is 1. The Hall–Kier alpha value is -1.27. The molecule has 6 nitrogen and oxygen atoms in total.